The second kappa shape index (κ2) is 7.28. The van der Waals surface area contributed by atoms with Crippen LogP contribution in [-0.4, -0.2) is 42.5 Å². The topological polar surface area (TPSA) is 72.2 Å². The monoisotopic (exact) mass is 366 g/mol. The summed E-state index contributed by atoms with van der Waals surface area (Å²) in [6, 6.07) is 3.78. The van der Waals surface area contributed by atoms with E-state index in [0.717, 1.165) is 23.3 Å². The molecule has 0 aliphatic carbocycles. The van der Waals surface area contributed by atoms with Gasteiger partial charge in [0, 0.05) is 29.1 Å². The molecule has 0 amide bonds. The smallest absolute Gasteiger partial charge is 0.241 e. The van der Waals surface area contributed by atoms with Gasteiger partial charge in [-0.2, -0.15) is 23.5 Å². The maximum Gasteiger partial charge on any atom is 0.241 e. The molecule has 1 aliphatic heterocycles. The Morgan fingerprint density at radius 2 is 2.24 bits per heavy atom. The Labute approximate surface area is 137 Å². The van der Waals surface area contributed by atoms with Gasteiger partial charge in [0.05, 0.1) is 10.5 Å². The minimum Gasteiger partial charge on any atom is -0.389 e. The third-order valence-corrected chi connectivity index (χ3v) is 7.41. The Hall–Kier alpha value is -0.350. The van der Waals surface area contributed by atoms with Gasteiger partial charge in [0.1, 0.15) is 10.8 Å². The van der Waals surface area contributed by atoms with E-state index in [1.54, 1.807) is 23.5 Å². The van der Waals surface area contributed by atoms with Crippen molar-refractivity contribution in [2.45, 2.75) is 10.1 Å². The summed E-state index contributed by atoms with van der Waals surface area (Å²) in [5.41, 5.74) is 5.21. The first-order chi connectivity index (χ1) is 9.92. The molecule has 0 spiro atoms. The molecule has 1 aromatic rings. The summed E-state index contributed by atoms with van der Waals surface area (Å²) < 4.78 is 41.0. The van der Waals surface area contributed by atoms with Gasteiger partial charge in [-0.15, -0.1) is 0 Å². The number of hydrogen-bond donors (Lipinski definition) is 2. The van der Waals surface area contributed by atoms with Crippen molar-refractivity contribution in [3.05, 3.63) is 29.6 Å². The van der Waals surface area contributed by atoms with E-state index in [1.807, 2.05) is 0 Å². The molecule has 1 saturated heterocycles. The Morgan fingerprint density at radius 3 is 2.86 bits per heavy atom. The molecule has 3 N–H and O–H groups in total. The molecule has 0 saturated carbocycles. The molecule has 0 aromatic heterocycles. The fourth-order valence-electron chi connectivity index (χ4n) is 1.90. The summed E-state index contributed by atoms with van der Waals surface area (Å²) in [7, 11) is -3.84. The first-order valence-corrected chi connectivity index (χ1v) is 10.3. The van der Waals surface area contributed by atoms with Crippen molar-refractivity contribution >= 4 is 50.8 Å². The normalized spacial score (nSPS) is 19.4. The predicted molar refractivity (Wildman–Crippen MR) is 91.0 cm³/mol. The Kier molecular flexibility index (Phi) is 5.89. The molecule has 1 heterocycles. The van der Waals surface area contributed by atoms with Gasteiger partial charge >= 0.3 is 0 Å². The average molecular weight is 367 g/mol. The molecular formula is C12H15FN2O2S4. The molecule has 1 aromatic carbocycles. The molecule has 116 valence electrons. The van der Waals surface area contributed by atoms with Gasteiger partial charge < -0.3 is 5.73 Å². The van der Waals surface area contributed by atoms with Crippen LogP contribution in [-0.2, 0) is 10.0 Å². The SMILES string of the molecule is NC(=S)c1c(F)cccc1S(=O)(=O)NCC1CSCCS1. The molecule has 1 atom stereocenters. The molecule has 9 heteroatoms. The number of nitrogens with one attached hydrogen (secondary N) is 1. The molecule has 4 nitrogen and oxygen atoms in total. The molecule has 0 bridgehead atoms. The van der Waals surface area contributed by atoms with Gasteiger partial charge in [-0.05, 0) is 12.1 Å². The van der Waals surface area contributed by atoms with Gasteiger partial charge in [-0.3, -0.25) is 0 Å². The van der Waals surface area contributed by atoms with E-state index in [-0.39, 0.29) is 20.7 Å². The third-order valence-electron chi connectivity index (χ3n) is 2.90. The van der Waals surface area contributed by atoms with E-state index in [1.165, 1.54) is 12.1 Å². The Balaban J connectivity index is 2.19. The van der Waals surface area contributed by atoms with E-state index in [0.29, 0.717) is 6.54 Å². The van der Waals surface area contributed by atoms with Crippen LogP contribution in [0, 0.1) is 5.82 Å². The zero-order valence-corrected chi connectivity index (χ0v) is 14.3. The van der Waals surface area contributed by atoms with Crippen LogP contribution in [0.4, 0.5) is 4.39 Å². The van der Waals surface area contributed by atoms with Crippen molar-refractivity contribution in [2.75, 3.05) is 23.8 Å². The first-order valence-electron chi connectivity index (χ1n) is 6.19. The summed E-state index contributed by atoms with van der Waals surface area (Å²) in [5.74, 6) is 2.27. The Morgan fingerprint density at radius 1 is 1.48 bits per heavy atom. The summed E-state index contributed by atoms with van der Waals surface area (Å²) in [4.78, 5) is -0.473. The van der Waals surface area contributed by atoms with Gasteiger partial charge in [0.2, 0.25) is 10.0 Å². The molecule has 21 heavy (non-hydrogen) atoms. The summed E-state index contributed by atoms with van der Waals surface area (Å²) in [6.07, 6.45) is 0. The highest BCUT2D eigenvalue weighted by atomic mass is 32.2. The second-order valence-corrected chi connectivity index (χ2v) is 9.13. The van der Waals surface area contributed by atoms with Gasteiger partial charge in [-0.1, -0.05) is 18.3 Å². The lowest BCUT2D eigenvalue weighted by molar-refractivity contribution is 0.577. The van der Waals surface area contributed by atoms with Crippen LogP contribution in [0.15, 0.2) is 23.1 Å². The highest BCUT2D eigenvalue weighted by Crippen LogP contribution is 2.24. The summed E-state index contributed by atoms with van der Waals surface area (Å²) in [6.45, 7) is 0.313. The van der Waals surface area contributed by atoms with Crippen molar-refractivity contribution in [2.24, 2.45) is 5.73 Å². The maximum atomic E-state index is 13.8. The number of thioether (sulfide) groups is 2. The maximum absolute atomic E-state index is 13.8. The van der Waals surface area contributed by atoms with Crippen LogP contribution >= 0.6 is 35.7 Å². The van der Waals surface area contributed by atoms with E-state index in [4.69, 9.17) is 18.0 Å². The number of sulfonamides is 1. The fourth-order valence-corrected chi connectivity index (χ4v) is 6.20. The summed E-state index contributed by atoms with van der Waals surface area (Å²) in [5, 5.41) is 0.223. The number of nitrogens with two attached hydrogens (primary N) is 1. The van der Waals surface area contributed by atoms with E-state index in [9.17, 15) is 12.8 Å². The van der Waals surface area contributed by atoms with Crippen LogP contribution < -0.4 is 10.5 Å². The molecule has 1 aliphatic rings. The van der Waals surface area contributed by atoms with Crippen molar-refractivity contribution < 1.29 is 12.8 Å². The minimum atomic E-state index is -3.84. The van der Waals surface area contributed by atoms with Gasteiger partial charge in [0.15, 0.2) is 0 Å². The van der Waals surface area contributed by atoms with Crippen molar-refractivity contribution in [1.29, 1.82) is 0 Å². The van der Waals surface area contributed by atoms with E-state index >= 15 is 0 Å². The number of benzene rings is 1. The third kappa shape index (κ3) is 4.32. The van der Waals surface area contributed by atoms with Gasteiger partial charge in [0.25, 0.3) is 0 Å². The van der Waals surface area contributed by atoms with Crippen LogP contribution in [0.1, 0.15) is 5.56 Å². The molecule has 2 rings (SSSR count). The minimum absolute atomic E-state index is 0.205. The van der Waals surface area contributed by atoms with Crippen LogP contribution in [0.3, 0.4) is 0 Å². The van der Waals surface area contributed by atoms with Crippen molar-refractivity contribution in [1.82, 2.24) is 4.72 Å². The fraction of sp³-hybridized carbons (Fsp3) is 0.417. The molecule has 0 radical (unpaired) electrons. The lowest BCUT2D eigenvalue weighted by Gasteiger charge is -2.21. The highest BCUT2D eigenvalue weighted by molar-refractivity contribution is 8.06. The van der Waals surface area contributed by atoms with Crippen LogP contribution in [0.5, 0.6) is 0 Å². The second-order valence-electron chi connectivity index (χ2n) is 4.40. The van der Waals surface area contributed by atoms with E-state index in [2.05, 4.69) is 4.72 Å². The Bertz CT molecular complexity index is 630. The van der Waals surface area contributed by atoms with E-state index < -0.39 is 15.8 Å². The zero-order valence-electron chi connectivity index (χ0n) is 11.0. The molecule has 1 unspecified atom stereocenters. The van der Waals surface area contributed by atoms with Crippen LogP contribution in [0.2, 0.25) is 0 Å². The highest BCUT2D eigenvalue weighted by Gasteiger charge is 2.24. The molecular weight excluding hydrogens is 351 g/mol. The standard InChI is InChI=1S/C12H15FN2O2S4/c13-9-2-1-3-10(11(9)12(14)18)21(16,17)15-6-8-7-19-4-5-20-8/h1-3,8,15H,4-7H2,(H2,14,18). The number of rotatable bonds is 5. The predicted octanol–water partition coefficient (Wildman–Crippen LogP) is 1.59. The zero-order chi connectivity index (χ0) is 15.5. The largest absolute Gasteiger partial charge is 0.389 e. The molecule has 1 fully saturated rings. The number of hydrogen-bond acceptors (Lipinski definition) is 5. The van der Waals surface area contributed by atoms with Crippen LogP contribution in [0.25, 0.3) is 0 Å². The lowest BCUT2D eigenvalue weighted by Crippen LogP contribution is -2.34. The van der Waals surface area contributed by atoms with Crippen molar-refractivity contribution in [3.8, 4) is 0 Å². The first kappa shape index (κ1) is 17.0. The average Bonchev–Trinajstić information content (AvgIpc) is 2.46. The quantitative estimate of drug-likeness (QED) is 0.771. The number of thiocarbonyl (C=S) groups is 1. The van der Waals surface area contributed by atoms with Crippen molar-refractivity contribution in [3.63, 3.8) is 0 Å². The lowest BCUT2D eigenvalue weighted by atomic mass is 10.2. The van der Waals surface area contributed by atoms with Gasteiger partial charge in [-0.25, -0.2) is 17.5 Å². The number of halogens is 1. The summed E-state index contributed by atoms with van der Waals surface area (Å²) >= 11 is 8.30.